The number of nitro groups is 1. The van der Waals surface area contributed by atoms with Crippen molar-refractivity contribution in [3.05, 3.63) is 75.8 Å². The summed E-state index contributed by atoms with van der Waals surface area (Å²) in [4.78, 5) is 33.8. The van der Waals surface area contributed by atoms with E-state index in [0.29, 0.717) is 23.4 Å². The first kappa shape index (κ1) is 21.7. The Kier molecular flexibility index (Phi) is 7.99. The van der Waals surface area contributed by atoms with Gasteiger partial charge in [-0.1, -0.05) is 6.92 Å². The second-order valence-corrected chi connectivity index (χ2v) is 6.25. The Morgan fingerprint density at radius 2 is 1.79 bits per heavy atom. The number of hydrogen-bond donors (Lipinski definition) is 2. The van der Waals surface area contributed by atoms with E-state index >= 15 is 0 Å². The van der Waals surface area contributed by atoms with Crippen LogP contribution in [0, 0.1) is 10.1 Å². The molecule has 9 heteroatoms. The molecule has 0 saturated heterocycles. The molecule has 2 aromatic rings. The van der Waals surface area contributed by atoms with Crippen LogP contribution in [-0.2, 0) is 9.53 Å². The molecule has 0 atom stereocenters. The first-order chi connectivity index (χ1) is 13.9. The van der Waals surface area contributed by atoms with Gasteiger partial charge in [0.2, 0.25) is 5.91 Å². The van der Waals surface area contributed by atoms with Crippen LogP contribution in [0.15, 0.2) is 54.6 Å². The summed E-state index contributed by atoms with van der Waals surface area (Å²) in [6.07, 6.45) is 3.53. The number of rotatable bonds is 7. The standard InChI is InChI=1S/C20H19N3O5S/c1-2-13-28-19(25)15-6-8-16(9-7-15)21-20(29)22-18(24)12-5-14-3-10-17(11-4-14)23(26)27/h3-12H,2,13H2,1H3,(H2,21,22,24,29)/b12-5+. The monoisotopic (exact) mass is 413 g/mol. The molecule has 29 heavy (non-hydrogen) atoms. The molecule has 0 unspecified atom stereocenters. The second-order valence-electron chi connectivity index (χ2n) is 5.84. The number of thiocarbonyl (C=S) groups is 1. The molecule has 0 saturated carbocycles. The number of carbonyl (C=O) groups is 2. The highest BCUT2D eigenvalue weighted by molar-refractivity contribution is 7.80. The van der Waals surface area contributed by atoms with E-state index in [0.717, 1.165) is 6.42 Å². The van der Waals surface area contributed by atoms with Crippen LogP contribution in [0.1, 0.15) is 29.3 Å². The molecule has 2 aromatic carbocycles. The minimum Gasteiger partial charge on any atom is -0.462 e. The molecule has 150 valence electrons. The summed E-state index contributed by atoms with van der Waals surface area (Å²) in [5.74, 6) is -0.855. The molecule has 1 amide bonds. The molecule has 0 spiro atoms. The number of nitrogens with zero attached hydrogens (tertiary/aromatic N) is 1. The molecule has 0 radical (unpaired) electrons. The van der Waals surface area contributed by atoms with Crippen LogP contribution < -0.4 is 10.6 Å². The predicted molar refractivity (Wildman–Crippen MR) is 114 cm³/mol. The summed E-state index contributed by atoms with van der Waals surface area (Å²) in [6.45, 7) is 2.28. The zero-order chi connectivity index (χ0) is 21.2. The van der Waals surface area contributed by atoms with Crippen molar-refractivity contribution >= 4 is 46.7 Å². The Balaban J connectivity index is 1.85. The van der Waals surface area contributed by atoms with Gasteiger partial charge in [0.15, 0.2) is 5.11 Å². The maximum atomic E-state index is 11.9. The first-order valence-corrected chi connectivity index (χ1v) is 9.11. The SMILES string of the molecule is CCCOC(=O)c1ccc(NC(=S)NC(=O)/C=C/c2ccc([N+](=O)[O-])cc2)cc1. The van der Waals surface area contributed by atoms with Crippen molar-refractivity contribution in [3.63, 3.8) is 0 Å². The maximum Gasteiger partial charge on any atom is 0.338 e. The highest BCUT2D eigenvalue weighted by Crippen LogP contribution is 2.13. The summed E-state index contributed by atoms with van der Waals surface area (Å²) in [6, 6.07) is 12.3. The van der Waals surface area contributed by atoms with Crippen molar-refractivity contribution in [2.75, 3.05) is 11.9 Å². The van der Waals surface area contributed by atoms with E-state index in [1.54, 1.807) is 24.3 Å². The lowest BCUT2D eigenvalue weighted by Crippen LogP contribution is -2.32. The third-order valence-electron chi connectivity index (χ3n) is 3.58. The number of benzene rings is 2. The number of nitro benzene ring substituents is 1. The predicted octanol–water partition coefficient (Wildman–Crippen LogP) is 3.69. The summed E-state index contributed by atoms with van der Waals surface area (Å²) < 4.78 is 5.05. The van der Waals surface area contributed by atoms with Gasteiger partial charge in [0.1, 0.15) is 0 Å². The van der Waals surface area contributed by atoms with E-state index in [-0.39, 0.29) is 10.8 Å². The van der Waals surface area contributed by atoms with Crippen molar-refractivity contribution in [1.29, 1.82) is 0 Å². The minimum atomic E-state index is -0.495. The summed E-state index contributed by atoms with van der Waals surface area (Å²) in [5, 5.41) is 16.0. The van der Waals surface area contributed by atoms with E-state index in [4.69, 9.17) is 17.0 Å². The zero-order valence-corrected chi connectivity index (χ0v) is 16.4. The lowest BCUT2D eigenvalue weighted by atomic mass is 10.2. The number of amides is 1. The Hall–Kier alpha value is -3.59. The van der Waals surface area contributed by atoms with Crippen molar-refractivity contribution in [2.24, 2.45) is 0 Å². The molecule has 0 bridgehead atoms. The molecule has 0 fully saturated rings. The molecule has 0 aliphatic rings. The summed E-state index contributed by atoms with van der Waals surface area (Å²) in [7, 11) is 0. The topological polar surface area (TPSA) is 111 Å². The van der Waals surface area contributed by atoms with Crippen LogP contribution in [0.5, 0.6) is 0 Å². The van der Waals surface area contributed by atoms with Gasteiger partial charge >= 0.3 is 5.97 Å². The molecule has 8 nitrogen and oxygen atoms in total. The van der Waals surface area contributed by atoms with E-state index in [1.165, 1.54) is 36.4 Å². The molecule has 0 aliphatic carbocycles. The van der Waals surface area contributed by atoms with Crippen molar-refractivity contribution < 1.29 is 19.2 Å². The molecular weight excluding hydrogens is 394 g/mol. The number of non-ortho nitro benzene ring substituents is 1. The average Bonchev–Trinajstić information content (AvgIpc) is 2.71. The third-order valence-corrected chi connectivity index (χ3v) is 3.79. The fourth-order valence-electron chi connectivity index (χ4n) is 2.16. The number of ether oxygens (including phenoxy) is 1. The zero-order valence-electron chi connectivity index (χ0n) is 15.6. The summed E-state index contributed by atoms with van der Waals surface area (Å²) in [5.41, 5.74) is 1.63. The maximum absolute atomic E-state index is 11.9. The molecule has 2 rings (SSSR count). The van der Waals surface area contributed by atoms with Gasteiger partial charge < -0.3 is 10.1 Å². The second kappa shape index (κ2) is 10.7. The molecule has 0 aliphatic heterocycles. The van der Waals surface area contributed by atoms with E-state index in [9.17, 15) is 19.7 Å². The number of esters is 1. The fourth-order valence-corrected chi connectivity index (χ4v) is 2.38. The van der Waals surface area contributed by atoms with E-state index in [1.807, 2.05) is 6.92 Å². The van der Waals surface area contributed by atoms with Gasteiger partial charge in [-0.2, -0.15) is 0 Å². The number of nitrogens with one attached hydrogen (secondary N) is 2. The highest BCUT2D eigenvalue weighted by atomic mass is 32.1. The Morgan fingerprint density at radius 1 is 1.14 bits per heavy atom. The normalized spacial score (nSPS) is 10.4. The molecule has 2 N–H and O–H groups in total. The van der Waals surface area contributed by atoms with E-state index in [2.05, 4.69) is 10.6 Å². The lowest BCUT2D eigenvalue weighted by molar-refractivity contribution is -0.384. The van der Waals surface area contributed by atoms with Crippen molar-refractivity contribution in [2.45, 2.75) is 13.3 Å². The van der Waals surface area contributed by atoms with Gasteiger partial charge in [-0.3, -0.25) is 20.2 Å². The first-order valence-electron chi connectivity index (χ1n) is 8.70. The van der Waals surface area contributed by atoms with Crippen LogP contribution >= 0.6 is 12.2 Å². The fraction of sp³-hybridized carbons (Fsp3) is 0.150. The van der Waals surface area contributed by atoms with Crippen LogP contribution in [0.25, 0.3) is 6.08 Å². The molecule has 0 aromatic heterocycles. The molecular formula is C20H19N3O5S. The minimum absolute atomic E-state index is 0.0263. The van der Waals surface area contributed by atoms with Crippen LogP contribution in [0.3, 0.4) is 0 Å². The Bertz CT molecular complexity index is 924. The Morgan fingerprint density at radius 3 is 2.38 bits per heavy atom. The van der Waals surface area contributed by atoms with Crippen LogP contribution in [0.2, 0.25) is 0 Å². The largest absolute Gasteiger partial charge is 0.462 e. The van der Waals surface area contributed by atoms with Gasteiger partial charge in [-0.05, 0) is 66.7 Å². The van der Waals surface area contributed by atoms with Crippen LogP contribution in [0.4, 0.5) is 11.4 Å². The van der Waals surface area contributed by atoms with Gasteiger partial charge in [-0.15, -0.1) is 0 Å². The van der Waals surface area contributed by atoms with Crippen molar-refractivity contribution in [1.82, 2.24) is 5.32 Å². The molecule has 0 heterocycles. The average molecular weight is 413 g/mol. The quantitative estimate of drug-likeness (QED) is 0.234. The van der Waals surface area contributed by atoms with Gasteiger partial charge in [0, 0.05) is 23.9 Å². The highest BCUT2D eigenvalue weighted by Gasteiger charge is 2.07. The van der Waals surface area contributed by atoms with Gasteiger partial charge in [-0.25, -0.2) is 4.79 Å². The van der Waals surface area contributed by atoms with Gasteiger partial charge in [0.25, 0.3) is 5.69 Å². The summed E-state index contributed by atoms with van der Waals surface area (Å²) >= 11 is 5.09. The third kappa shape index (κ3) is 7.15. The van der Waals surface area contributed by atoms with Gasteiger partial charge in [0.05, 0.1) is 17.1 Å². The number of carbonyl (C=O) groups excluding carboxylic acids is 2. The number of anilines is 1. The van der Waals surface area contributed by atoms with Crippen molar-refractivity contribution in [3.8, 4) is 0 Å². The number of hydrogen-bond acceptors (Lipinski definition) is 6. The smallest absolute Gasteiger partial charge is 0.338 e. The Labute approximate surface area is 172 Å². The van der Waals surface area contributed by atoms with E-state index < -0.39 is 16.8 Å². The lowest BCUT2D eigenvalue weighted by Gasteiger charge is -2.09. The van der Waals surface area contributed by atoms with Crippen LogP contribution in [-0.4, -0.2) is 28.5 Å².